The molecule has 0 aromatic carbocycles. The maximum Gasteiger partial charge on any atom is 0.0733 e. The van der Waals surface area contributed by atoms with Crippen molar-refractivity contribution in [3.05, 3.63) is 0 Å². The molecule has 1 aliphatic heterocycles. The van der Waals surface area contributed by atoms with E-state index in [2.05, 4.69) is 40.1 Å². The summed E-state index contributed by atoms with van der Waals surface area (Å²) in [5.41, 5.74) is 2.83. The summed E-state index contributed by atoms with van der Waals surface area (Å²) >= 11 is 0. The molecule has 0 bridgehead atoms. The van der Waals surface area contributed by atoms with Crippen molar-refractivity contribution in [2.45, 2.75) is 58.0 Å². The summed E-state index contributed by atoms with van der Waals surface area (Å²) in [6.45, 7) is 4.99. The van der Waals surface area contributed by atoms with Gasteiger partial charge >= 0.3 is 0 Å². The number of nitrogens with zero attached hydrogens (tertiary/aromatic N) is 1. The van der Waals surface area contributed by atoms with Gasteiger partial charge in [-0.05, 0) is 32.6 Å². The number of hydrogen-bond acceptors (Lipinski definition) is 7. The SMILES string of the molecule is CCC1CCCC(C)N1NOOC.NOCCCO. The molecule has 0 saturated carbocycles. The van der Waals surface area contributed by atoms with Gasteiger partial charge in [-0.2, -0.15) is 0 Å². The minimum atomic E-state index is 0.150. The van der Waals surface area contributed by atoms with E-state index in [9.17, 15) is 0 Å². The first-order valence-corrected chi connectivity index (χ1v) is 6.87. The lowest BCUT2D eigenvalue weighted by atomic mass is 9.97. The summed E-state index contributed by atoms with van der Waals surface area (Å²) in [7, 11) is 1.50. The van der Waals surface area contributed by atoms with Gasteiger partial charge in [0, 0.05) is 18.7 Å². The first-order chi connectivity index (χ1) is 9.21. The minimum absolute atomic E-state index is 0.150. The van der Waals surface area contributed by atoms with E-state index in [0.717, 1.165) is 6.42 Å². The van der Waals surface area contributed by atoms with Gasteiger partial charge in [-0.25, -0.2) is 15.8 Å². The van der Waals surface area contributed by atoms with Crippen LogP contribution in [0.1, 0.15) is 46.0 Å². The van der Waals surface area contributed by atoms with Gasteiger partial charge in [0.2, 0.25) is 0 Å². The van der Waals surface area contributed by atoms with Crippen LogP contribution in [0.3, 0.4) is 0 Å². The van der Waals surface area contributed by atoms with Crippen LogP contribution in [0.4, 0.5) is 0 Å². The molecule has 0 amide bonds. The number of hydrazine groups is 1. The van der Waals surface area contributed by atoms with Gasteiger partial charge in [-0.15, -0.1) is 10.6 Å². The van der Waals surface area contributed by atoms with Crippen LogP contribution in [0.5, 0.6) is 0 Å². The molecule has 7 nitrogen and oxygen atoms in total. The molecule has 7 heteroatoms. The third-order valence-electron chi connectivity index (χ3n) is 3.15. The highest BCUT2D eigenvalue weighted by atomic mass is 17.3. The lowest BCUT2D eigenvalue weighted by molar-refractivity contribution is -0.363. The quantitative estimate of drug-likeness (QED) is 0.362. The molecule has 0 aromatic heterocycles. The van der Waals surface area contributed by atoms with Gasteiger partial charge in [-0.1, -0.05) is 13.3 Å². The lowest BCUT2D eigenvalue weighted by Crippen LogP contribution is -2.52. The third-order valence-corrected chi connectivity index (χ3v) is 3.15. The largest absolute Gasteiger partial charge is 0.396 e. The lowest BCUT2D eigenvalue weighted by Gasteiger charge is -2.38. The maximum absolute atomic E-state index is 8.06. The Kier molecular flexibility index (Phi) is 12.6. The maximum atomic E-state index is 8.06. The topological polar surface area (TPSA) is 89.2 Å². The molecule has 1 aliphatic rings. The molecule has 1 rings (SSSR count). The zero-order valence-electron chi connectivity index (χ0n) is 12.3. The van der Waals surface area contributed by atoms with Crippen LogP contribution in [0, 0.1) is 0 Å². The predicted molar refractivity (Wildman–Crippen MR) is 72.3 cm³/mol. The first-order valence-electron chi connectivity index (χ1n) is 6.87. The van der Waals surface area contributed by atoms with Crippen LogP contribution >= 0.6 is 0 Å². The van der Waals surface area contributed by atoms with Crippen molar-refractivity contribution in [2.24, 2.45) is 5.90 Å². The van der Waals surface area contributed by atoms with Gasteiger partial charge in [0.1, 0.15) is 0 Å². The second-order valence-corrected chi connectivity index (χ2v) is 4.54. The molecule has 0 spiro atoms. The molecule has 116 valence electrons. The fourth-order valence-electron chi connectivity index (χ4n) is 2.08. The van der Waals surface area contributed by atoms with Crippen molar-refractivity contribution in [1.82, 2.24) is 10.6 Å². The van der Waals surface area contributed by atoms with Crippen LogP contribution in [0.15, 0.2) is 0 Å². The number of aliphatic hydroxyl groups is 1. The molecule has 0 radical (unpaired) electrons. The van der Waals surface area contributed by atoms with Gasteiger partial charge < -0.3 is 9.94 Å². The Morgan fingerprint density at radius 1 is 1.42 bits per heavy atom. The van der Waals surface area contributed by atoms with Crippen molar-refractivity contribution >= 4 is 0 Å². The van der Waals surface area contributed by atoms with E-state index in [-0.39, 0.29) is 6.61 Å². The Labute approximate surface area is 115 Å². The van der Waals surface area contributed by atoms with E-state index in [1.807, 2.05) is 0 Å². The number of aliphatic hydroxyl groups excluding tert-OH is 1. The second kappa shape index (κ2) is 12.7. The summed E-state index contributed by atoms with van der Waals surface area (Å²) < 4.78 is 0. The average Bonchev–Trinajstić information content (AvgIpc) is 2.44. The summed E-state index contributed by atoms with van der Waals surface area (Å²) in [4.78, 5) is 13.4. The molecule has 19 heavy (non-hydrogen) atoms. The van der Waals surface area contributed by atoms with Crippen molar-refractivity contribution in [3.8, 4) is 0 Å². The molecule has 2 unspecified atom stereocenters. The third kappa shape index (κ3) is 8.48. The first kappa shape index (κ1) is 18.7. The monoisotopic (exact) mass is 279 g/mol. The van der Waals surface area contributed by atoms with E-state index in [4.69, 9.17) is 10.1 Å². The zero-order valence-corrected chi connectivity index (χ0v) is 12.3. The van der Waals surface area contributed by atoms with Crippen LogP contribution in [0.2, 0.25) is 0 Å². The Balaban J connectivity index is 0.000000459. The number of nitrogens with one attached hydrogen (secondary N) is 1. The standard InChI is InChI=1S/C9H20N2O2.C3H9NO2/c1-4-9-7-5-6-8(2)11(9)10-13-12-3;4-6-3-1-2-5/h8-10H,4-7H2,1-3H3;5H,1-4H2. The number of nitrogens with two attached hydrogens (primary N) is 1. The summed E-state index contributed by atoms with van der Waals surface area (Å²) in [6, 6.07) is 1.09. The van der Waals surface area contributed by atoms with E-state index in [1.165, 1.54) is 26.4 Å². The molecule has 0 aliphatic carbocycles. The van der Waals surface area contributed by atoms with Crippen molar-refractivity contribution < 1.29 is 19.8 Å². The Bertz CT molecular complexity index is 194. The summed E-state index contributed by atoms with van der Waals surface area (Å²) in [5, 5.41) is 10.2. The van der Waals surface area contributed by atoms with E-state index in [0.29, 0.717) is 25.1 Å². The smallest absolute Gasteiger partial charge is 0.0733 e. The Hall–Kier alpha value is -0.280. The predicted octanol–water partition coefficient (Wildman–Crippen LogP) is 0.896. The van der Waals surface area contributed by atoms with Crippen LogP contribution in [-0.4, -0.2) is 42.5 Å². The van der Waals surface area contributed by atoms with Crippen LogP contribution in [0.25, 0.3) is 0 Å². The number of piperidine rings is 1. The molecular weight excluding hydrogens is 250 g/mol. The average molecular weight is 279 g/mol. The number of hydrogen-bond donors (Lipinski definition) is 3. The molecule has 2 atom stereocenters. The highest BCUT2D eigenvalue weighted by Crippen LogP contribution is 2.22. The van der Waals surface area contributed by atoms with Crippen LogP contribution < -0.4 is 11.5 Å². The molecule has 1 saturated heterocycles. The van der Waals surface area contributed by atoms with E-state index >= 15 is 0 Å². The van der Waals surface area contributed by atoms with Crippen molar-refractivity contribution in [1.29, 1.82) is 0 Å². The molecule has 4 N–H and O–H groups in total. The highest BCUT2D eigenvalue weighted by Gasteiger charge is 2.26. The Morgan fingerprint density at radius 2 is 2.16 bits per heavy atom. The number of rotatable bonds is 7. The van der Waals surface area contributed by atoms with Crippen LogP contribution in [-0.2, 0) is 14.7 Å². The second-order valence-electron chi connectivity index (χ2n) is 4.54. The van der Waals surface area contributed by atoms with Gasteiger partial charge in [-0.3, -0.25) is 0 Å². The van der Waals surface area contributed by atoms with Gasteiger partial charge in [0.25, 0.3) is 0 Å². The van der Waals surface area contributed by atoms with Crippen molar-refractivity contribution in [3.63, 3.8) is 0 Å². The molecule has 1 heterocycles. The normalized spacial score (nSPS) is 23.8. The fourth-order valence-corrected chi connectivity index (χ4v) is 2.08. The van der Waals surface area contributed by atoms with Gasteiger partial charge in [0.05, 0.1) is 13.7 Å². The molecule has 0 aromatic rings. The van der Waals surface area contributed by atoms with E-state index < -0.39 is 0 Å². The highest BCUT2D eigenvalue weighted by molar-refractivity contribution is 4.77. The fraction of sp³-hybridized carbons (Fsp3) is 1.00. The minimum Gasteiger partial charge on any atom is -0.396 e. The Morgan fingerprint density at radius 3 is 2.63 bits per heavy atom. The van der Waals surface area contributed by atoms with Gasteiger partial charge in [0.15, 0.2) is 0 Å². The van der Waals surface area contributed by atoms with E-state index in [1.54, 1.807) is 0 Å². The zero-order chi connectivity index (χ0) is 14.5. The molecular formula is C12H29N3O4. The summed E-state index contributed by atoms with van der Waals surface area (Å²) in [6.07, 6.45) is 5.53. The summed E-state index contributed by atoms with van der Waals surface area (Å²) in [5.74, 6) is 4.60. The van der Waals surface area contributed by atoms with Crippen molar-refractivity contribution in [2.75, 3.05) is 20.3 Å². The molecule has 1 fully saturated rings.